The Hall–Kier alpha value is -2.91. The van der Waals surface area contributed by atoms with Crippen LogP contribution in [0, 0.1) is 5.92 Å². The van der Waals surface area contributed by atoms with Gasteiger partial charge in [-0.05, 0) is 55.9 Å². The number of oxazole rings is 1. The number of benzene rings is 2. The number of sulfonamides is 1. The van der Waals surface area contributed by atoms with Gasteiger partial charge < -0.3 is 9.32 Å². The Balaban J connectivity index is 1.25. The van der Waals surface area contributed by atoms with Crippen LogP contribution in [-0.4, -0.2) is 42.3 Å². The third kappa shape index (κ3) is 3.79. The van der Waals surface area contributed by atoms with Crippen molar-refractivity contribution in [3.63, 3.8) is 0 Å². The summed E-state index contributed by atoms with van der Waals surface area (Å²) in [5.74, 6) is -0.267. The number of nitrogens with zero attached hydrogens (tertiary/aromatic N) is 3. The summed E-state index contributed by atoms with van der Waals surface area (Å²) < 4.78 is 34.3. The van der Waals surface area contributed by atoms with Crippen LogP contribution in [0.15, 0.2) is 56.6 Å². The van der Waals surface area contributed by atoms with Crippen LogP contribution in [0.2, 0.25) is 0 Å². The predicted octanol–water partition coefficient (Wildman–Crippen LogP) is 2.90. The summed E-state index contributed by atoms with van der Waals surface area (Å²) in [6.45, 7) is 2.80. The number of aromatic nitrogens is 1. The van der Waals surface area contributed by atoms with Gasteiger partial charge in [-0.1, -0.05) is 18.2 Å². The van der Waals surface area contributed by atoms with Gasteiger partial charge in [0.25, 0.3) is 0 Å². The van der Waals surface area contributed by atoms with Crippen LogP contribution in [0.1, 0.15) is 31.7 Å². The van der Waals surface area contributed by atoms with E-state index in [2.05, 4.69) is 13.0 Å². The molecule has 2 aliphatic rings. The second-order valence-electron chi connectivity index (χ2n) is 9.05. The highest BCUT2D eigenvalue weighted by Gasteiger charge is 2.34. The van der Waals surface area contributed by atoms with Crippen molar-refractivity contribution >= 4 is 32.7 Å². The number of rotatable bonds is 4. The van der Waals surface area contributed by atoms with E-state index in [0.717, 1.165) is 12.1 Å². The van der Waals surface area contributed by atoms with Crippen LogP contribution >= 0.6 is 0 Å². The number of para-hydroxylation sites is 1. The van der Waals surface area contributed by atoms with E-state index in [1.807, 2.05) is 23.1 Å². The van der Waals surface area contributed by atoms with E-state index in [9.17, 15) is 18.0 Å². The van der Waals surface area contributed by atoms with Gasteiger partial charge in [0.05, 0.1) is 10.4 Å². The SMILES string of the molecule is C[C@H]1Cc2ccccc2N1C(=O)CC1CCN(S(=O)(=O)c2ccc3c(c2)oc(=O)n3C)CC1. The lowest BCUT2D eigenvalue weighted by atomic mass is 9.94. The highest BCUT2D eigenvalue weighted by Crippen LogP contribution is 2.34. The van der Waals surface area contributed by atoms with Gasteiger partial charge in [0, 0.05) is 44.4 Å². The van der Waals surface area contributed by atoms with Crippen LogP contribution in [-0.2, 0) is 28.3 Å². The molecule has 5 rings (SSSR count). The number of fused-ring (bicyclic) bond motifs is 2. The minimum absolute atomic E-state index is 0.110. The standard InChI is InChI=1S/C24H27N3O5S/c1-16-13-18-5-3-4-6-20(18)27(16)23(28)14-17-9-11-26(12-10-17)33(30,31)19-7-8-21-22(15-19)32-24(29)25(21)2/h3-8,15-17H,9-14H2,1-2H3/t16-/m0/s1. The zero-order valence-electron chi connectivity index (χ0n) is 18.7. The Morgan fingerprint density at radius 2 is 1.85 bits per heavy atom. The number of hydrogen-bond donors (Lipinski definition) is 0. The van der Waals surface area contributed by atoms with Gasteiger partial charge in [-0.2, -0.15) is 4.31 Å². The number of hydrogen-bond acceptors (Lipinski definition) is 5. The summed E-state index contributed by atoms with van der Waals surface area (Å²) in [6.07, 6.45) is 2.56. The van der Waals surface area contributed by atoms with Crippen molar-refractivity contribution in [1.82, 2.24) is 8.87 Å². The summed E-state index contributed by atoms with van der Waals surface area (Å²) in [4.78, 5) is 26.8. The zero-order chi connectivity index (χ0) is 23.3. The molecule has 0 radical (unpaired) electrons. The Morgan fingerprint density at radius 1 is 1.12 bits per heavy atom. The molecule has 9 heteroatoms. The van der Waals surface area contributed by atoms with Crippen LogP contribution < -0.4 is 10.7 Å². The first-order valence-corrected chi connectivity index (χ1v) is 12.7. The summed E-state index contributed by atoms with van der Waals surface area (Å²) in [6, 6.07) is 12.7. The first-order chi connectivity index (χ1) is 15.8. The first kappa shape index (κ1) is 21.9. The molecular formula is C24H27N3O5S. The van der Waals surface area contributed by atoms with Gasteiger partial charge in [-0.3, -0.25) is 9.36 Å². The van der Waals surface area contributed by atoms with Crippen molar-refractivity contribution in [1.29, 1.82) is 0 Å². The molecule has 1 saturated heterocycles. The highest BCUT2D eigenvalue weighted by atomic mass is 32.2. The smallest absolute Gasteiger partial charge is 0.408 e. The molecule has 1 atom stereocenters. The molecular weight excluding hydrogens is 442 g/mol. The Bertz CT molecular complexity index is 1380. The van der Waals surface area contributed by atoms with Crippen molar-refractivity contribution < 1.29 is 17.6 Å². The summed E-state index contributed by atoms with van der Waals surface area (Å²) in [5, 5.41) is 0. The number of carbonyl (C=O) groups excluding carboxylic acids is 1. The molecule has 3 heterocycles. The third-order valence-corrected chi connectivity index (χ3v) is 8.81. The van der Waals surface area contributed by atoms with Crippen molar-refractivity contribution in [3.05, 3.63) is 58.6 Å². The minimum atomic E-state index is -3.71. The van der Waals surface area contributed by atoms with Crippen molar-refractivity contribution in [2.75, 3.05) is 18.0 Å². The fraction of sp³-hybridized carbons (Fsp3) is 0.417. The van der Waals surface area contributed by atoms with E-state index in [0.29, 0.717) is 37.9 Å². The third-order valence-electron chi connectivity index (χ3n) is 6.91. The lowest BCUT2D eigenvalue weighted by Crippen LogP contribution is -2.41. The maximum Gasteiger partial charge on any atom is 0.419 e. The fourth-order valence-electron chi connectivity index (χ4n) is 5.07. The van der Waals surface area contributed by atoms with Crippen molar-refractivity contribution in [3.8, 4) is 0 Å². The van der Waals surface area contributed by atoms with Crippen LogP contribution in [0.3, 0.4) is 0 Å². The van der Waals surface area contributed by atoms with Gasteiger partial charge in [-0.25, -0.2) is 13.2 Å². The minimum Gasteiger partial charge on any atom is -0.408 e. The predicted molar refractivity (Wildman–Crippen MR) is 125 cm³/mol. The molecule has 2 aromatic carbocycles. The Morgan fingerprint density at radius 3 is 2.61 bits per heavy atom. The second-order valence-corrected chi connectivity index (χ2v) is 11.0. The molecule has 2 aliphatic heterocycles. The molecule has 174 valence electrons. The molecule has 1 amide bonds. The molecule has 0 N–H and O–H groups in total. The molecule has 1 fully saturated rings. The number of carbonyl (C=O) groups is 1. The number of aryl methyl sites for hydroxylation is 1. The average Bonchev–Trinajstić information content (AvgIpc) is 3.28. The van der Waals surface area contributed by atoms with E-state index in [1.54, 1.807) is 13.1 Å². The van der Waals surface area contributed by atoms with Crippen LogP contribution in [0.5, 0.6) is 0 Å². The Labute approximate surface area is 192 Å². The second kappa shape index (κ2) is 8.14. The maximum absolute atomic E-state index is 13.2. The Kier molecular flexibility index (Phi) is 5.41. The number of piperidine rings is 1. The molecule has 0 unspecified atom stereocenters. The average molecular weight is 470 g/mol. The molecule has 1 aromatic heterocycles. The molecule has 33 heavy (non-hydrogen) atoms. The fourth-order valence-corrected chi connectivity index (χ4v) is 6.55. The number of anilines is 1. The first-order valence-electron chi connectivity index (χ1n) is 11.3. The molecule has 3 aromatic rings. The van der Waals surface area contributed by atoms with Gasteiger partial charge in [0.2, 0.25) is 15.9 Å². The topological polar surface area (TPSA) is 92.8 Å². The van der Waals surface area contributed by atoms with Crippen LogP contribution in [0.25, 0.3) is 11.1 Å². The van der Waals surface area contributed by atoms with E-state index >= 15 is 0 Å². The molecule has 0 spiro atoms. The van der Waals surface area contributed by atoms with Crippen molar-refractivity contribution in [2.24, 2.45) is 13.0 Å². The summed E-state index contributed by atoms with van der Waals surface area (Å²) in [7, 11) is -2.13. The van der Waals surface area contributed by atoms with Gasteiger partial charge in [0.1, 0.15) is 0 Å². The van der Waals surface area contributed by atoms with E-state index in [4.69, 9.17) is 4.42 Å². The largest absolute Gasteiger partial charge is 0.419 e. The van der Waals surface area contributed by atoms with Gasteiger partial charge in [0.15, 0.2) is 5.58 Å². The van der Waals surface area contributed by atoms with E-state index in [1.165, 1.54) is 26.6 Å². The van der Waals surface area contributed by atoms with Crippen molar-refractivity contribution in [2.45, 2.75) is 43.5 Å². The van der Waals surface area contributed by atoms with E-state index in [-0.39, 0.29) is 28.3 Å². The highest BCUT2D eigenvalue weighted by molar-refractivity contribution is 7.89. The monoisotopic (exact) mass is 469 g/mol. The molecule has 8 nitrogen and oxygen atoms in total. The number of amides is 1. The maximum atomic E-state index is 13.2. The summed E-state index contributed by atoms with van der Waals surface area (Å²) >= 11 is 0. The normalized spacial score (nSPS) is 19.8. The lowest BCUT2D eigenvalue weighted by Gasteiger charge is -2.32. The zero-order valence-corrected chi connectivity index (χ0v) is 19.5. The molecule has 0 aliphatic carbocycles. The molecule has 0 bridgehead atoms. The van der Waals surface area contributed by atoms with Gasteiger partial charge >= 0.3 is 5.76 Å². The van der Waals surface area contributed by atoms with Crippen LogP contribution in [0.4, 0.5) is 5.69 Å². The molecule has 0 saturated carbocycles. The van der Waals surface area contributed by atoms with E-state index < -0.39 is 15.8 Å². The quantitative estimate of drug-likeness (QED) is 0.586. The van der Waals surface area contributed by atoms with Gasteiger partial charge in [-0.15, -0.1) is 0 Å². The lowest BCUT2D eigenvalue weighted by molar-refractivity contribution is -0.120. The summed E-state index contributed by atoms with van der Waals surface area (Å²) in [5.41, 5.74) is 3.00.